The normalized spacial score (nSPS) is 13.9. The molecule has 0 saturated carbocycles. The van der Waals surface area contributed by atoms with Gasteiger partial charge in [-0.25, -0.2) is 4.79 Å². The molecule has 4 amide bonds. The van der Waals surface area contributed by atoms with Crippen molar-refractivity contribution in [3.05, 3.63) is 35.4 Å². The van der Waals surface area contributed by atoms with Crippen molar-refractivity contribution in [3.63, 3.8) is 0 Å². The predicted molar refractivity (Wildman–Crippen MR) is 140 cm³/mol. The highest BCUT2D eigenvalue weighted by molar-refractivity contribution is 5.93. The van der Waals surface area contributed by atoms with E-state index in [9.17, 15) is 19.2 Å². The molecule has 9 heteroatoms. The van der Waals surface area contributed by atoms with Crippen LogP contribution in [0.25, 0.3) is 0 Å². The number of aryl methyl sites for hydroxylation is 1. The first-order valence-electron chi connectivity index (χ1n) is 12.6. The second kappa shape index (κ2) is 13.8. The summed E-state index contributed by atoms with van der Waals surface area (Å²) in [6.45, 7) is 14.6. The fraction of sp³-hybridized carbons (Fsp3) is 0.630. The van der Waals surface area contributed by atoms with E-state index >= 15 is 0 Å². The van der Waals surface area contributed by atoms with E-state index in [2.05, 4.69) is 10.6 Å². The van der Waals surface area contributed by atoms with Crippen molar-refractivity contribution in [1.82, 2.24) is 15.5 Å². The van der Waals surface area contributed by atoms with E-state index in [1.54, 1.807) is 20.8 Å². The molecule has 0 aliphatic rings. The second-order valence-corrected chi connectivity index (χ2v) is 10.5. The maximum Gasteiger partial charge on any atom is 0.408 e. The van der Waals surface area contributed by atoms with Crippen molar-refractivity contribution < 1.29 is 23.9 Å². The molecule has 0 radical (unpaired) electrons. The van der Waals surface area contributed by atoms with Gasteiger partial charge in [-0.05, 0) is 72.4 Å². The van der Waals surface area contributed by atoms with Crippen molar-refractivity contribution in [3.8, 4) is 0 Å². The Morgan fingerprint density at radius 3 is 2.14 bits per heavy atom. The van der Waals surface area contributed by atoms with Crippen LogP contribution in [0.2, 0.25) is 0 Å². The Morgan fingerprint density at radius 1 is 1.03 bits per heavy atom. The number of amides is 4. The average molecular weight is 505 g/mol. The largest absolute Gasteiger partial charge is 0.444 e. The number of primary amides is 1. The SMILES string of the molecule is CCCC(C)NC(=O)C(c1ccccc1C)N(C(=O)C(CCC(N)=O)NC(=O)OC(C)(C)C)C(C)C. The molecule has 0 heterocycles. The molecular formula is C27H44N4O5. The number of hydrogen-bond acceptors (Lipinski definition) is 5. The number of rotatable bonds is 12. The topological polar surface area (TPSA) is 131 Å². The molecular weight excluding hydrogens is 460 g/mol. The van der Waals surface area contributed by atoms with E-state index in [4.69, 9.17) is 10.5 Å². The van der Waals surface area contributed by atoms with E-state index in [-0.39, 0.29) is 24.8 Å². The lowest BCUT2D eigenvalue weighted by atomic mass is 9.96. The zero-order valence-electron chi connectivity index (χ0n) is 23.0. The van der Waals surface area contributed by atoms with Crippen molar-refractivity contribution in [2.45, 2.75) is 111 Å². The number of carbonyl (C=O) groups excluding carboxylic acids is 4. The molecule has 36 heavy (non-hydrogen) atoms. The highest BCUT2D eigenvalue weighted by atomic mass is 16.6. The molecule has 0 bridgehead atoms. The summed E-state index contributed by atoms with van der Waals surface area (Å²) >= 11 is 0. The van der Waals surface area contributed by atoms with Crippen molar-refractivity contribution in [2.75, 3.05) is 0 Å². The van der Waals surface area contributed by atoms with Gasteiger partial charge in [0, 0.05) is 18.5 Å². The zero-order valence-corrected chi connectivity index (χ0v) is 23.0. The lowest BCUT2D eigenvalue weighted by Gasteiger charge is -2.38. The second-order valence-electron chi connectivity index (χ2n) is 10.5. The van der Waals surface area contributed by atoms with Crippen molar-refractivity contribution in [2.24, 2.45) is 5.73 Å². The highest BCUT2D eigenvalue weighted by Crippen LogP contribution is 2.28. The Hall–Kier alpha value is -3.10. The first kappa shape index (κ1) is 30.9. The Labute approximate surface area is 215 Å². The van der Waals surface area contributed by atoms with E-state index < -0.39 is 41.6 Å². The number of nitrogens with zero attached hydrogens (tertiary/aromatic N) is 1. The molecule has 0 aliphatic heterocycles. The summed E-state index contributed by atoms with van der Waals surface area (Å²) in [6, 6.07) is 4.88. The van der Waals surface area contributed by atoms with E-state index in [0.717, 1.165) is 18.4 Å². The molecule has 0 aromatic heterocycles. The van der Waals surface area contributed by atoms with Crippen molar-refractivity contribution in [1.29, 1.82) is 0 Å². The van der Waals surface area contributed by atoms with Gasteiger partial charge >= 0.3 is 6.09 Å². The van der Waals surface area contributed by atoms with Gasteiger partial charge in [0.1, 0.15) is 17.7 Å². The van der Waals surface area contributed by atoms with Crippen LogP contribution >= 0.6 is 0 Å². The van der Waals surface area contributed by atoms with Gasteiger partial charge < -0.3 is 26.0 Å². The van der Waals surface area contributed by atoms with E-state index in [0.29, 0.717) is 5.56 Å². The fourth-order valence-corrected chi connectivity index (χ4v) is 3.99. The van der Waals surface area contributed by atoms with Crippen LogP contribution in [0.3, 0.4) is 0 Å². The number of hydrogen-bond donors (Lipinski definition) is 3. The van der Waals surface area contributed by atoms with Crippen LogP contribution < -0.4 is 16.4 Å². The number of ether oxygens (including phenoxy) is 1. The molecule has 0 spiro atoms. The fourth-order valence-electron chi connectivity index (χ4n) is 3.99. The van der Waals surface area contributed by atoms with Gasteiger partial charge in [-0.1, -0.05) is 37.6 Å². The Kier molecular flexibility index (Phi) is 11.9. The molecule has 1 rings (SSSR count). The van der Waals surface area contributed by atoms with Gasteiger partial charge in [-0.3, -0.25) is 14.4 Å². The van der Waals surface area contributed by atoms with E-state index in [1.807, 2.05) is 58.9 Å². The zero-order chi connectivity index (χ0) is 27.6. The molecule has 1 aromatic carbocycles. The van der Waals surface area contributed by atoms with Gasteiger partial charge in [-0.2, -0.15) is 0 Å². The lowest BCUT2D eigenvalue weighted by Crippen LogP contribution is -2.55. The Morgan fingerprint density at radius 2 is 1.64 bits per heavy atom. The summed E-state index contributed by atoms with van der Waals surface area (Å²) in [7, 11) is 0. The van der Waals surface area contributed by atoms with Gasteiger partial charge in [0.05, 0.1) is 0 Å². The summed E-state index contributed by atoms with van der Waals surface area (Å²) in [5.41, 5.74) is 6.10. The quantitative estimate of drug-likeness (QED) is 0.399. The number of nitrogens with two attached hydrogens (primary N) is 1. The molecule has 3 atom stereocenters. The summed E-state index contributed by atoms with van der Waals surface area (Å²) in [4.78, 5) is 53.2. The van der Waals surface area contributed by atoms with Crippen LogP contribution in [0, 0.1) is 6.92 Å². The van der Waals surface area contributed by atoms with E-state index in [1.165, 1.54) is 4.90 Å². The number of nitrogens with one attached hydrogen (secondary N) is 2. The smallest absolute Gasteiger partial charge is 0.408 e. The molecule has 202 valence electrons. The summed E-state index contributed by atoms with van der Waals surface area (Å²) < 4.78 is 5.34. The molecule has 0 aliphatic carbocycles. The summed E-state index contributed by atoms with van der Waals surface area (Å²) in [5.74, 6) is -1.40. The molecule has 4 N–H and O–H groups in total. The van der Waals surface area contributed by atoms with Gasteiger partial charge in [0.15, 0.2) is 0 Å². The third-order valence-electron chi connectivity index (χ3n) is 5.60. The van der Waals surface area contributed by atoms with Crippen LogP contribution in [0.5, 0.6) is 0 Å². The van der Waals surface area contributed by atoms with Crippen LogP contribution in [0.1, 0.15) is 91.3 Å². The highest BCUT2D eigenvalue weighted by Gasteiger charge is 2.38. The minimum Gasteiger partial charge on any atom is -0.444 e. The molecule has 0 saturated heterocycles. The van der Waals surface area contributed by atoms with Crippen molar-refractivity contribution >= 4 is 23.8 Å². The maximum absolute atomic E-state index is 14.0. The standard InChI is InChI=1S/C27H44N4O5/c1-9-12-19(5)29-24(33)23(20-14-11-10-13-18(20)4)31(17(2)3)25(34)21(15-16-22(28)32)30-26(35)36-27(6,7)8/h10-11,13-14,17,19,21,23H,9,12,15-16H2,1-8H3,(H2,28,32)(H,29,33)(H,30,35). The first-order chi connectivity index (χ1) is 16.7. The summed E-state index contributed by atoms with van der Waals surface area (Å²) in [6.07, 6.45) is 0.766. The molecule has 9 nitrogen and oxygen atoms in total. The van der Waals surface area contributed by atoms with Crippen LogP contribution in [0.4, 0.5) is 4.79 Å². The monoisotopic (exact) mass is 504 g/mol. The number of alkyl carbamates (subject to hydrolysis) is 1. The Balaban J connectivity index is 3.49. The van der Waals surface area contributed by atoms with Crippen LogP contribution in [-0.2, 0) is 19.1 Å². The minimum atomic E-state index is -1.11. The van der Waals surface area contributed by atoms with Gasteiger partial charge in [0.25, 0.3) is 0 Å². The Bertz CT molecular complexity index is 910. The predicted octanol–water partition coefficient (Wildman–Crippen LogP) is 3.74. The maximum atomic E-state index is 14.0. The third-order valence-corrected chi connectivity index (χ3v) is 5.60. The molecule has 0 fully saturated rings. The van der Waals surface area contributed by atoms with Gasteiger partial charge in [-0.15, -0.1) is 0 Å². The third kappa shape index (κ3) is 9.87. The first-order valence-corrected chi connectivity index (χ1v) is 12.6. The molecule has 1 aromatic rings. The van der Waals surface area contributed by atoms with Crippen LogP contribution in [-0.4, -0.2) is 52.4 Å². The van der Waals surface area contributed by atoms with Crippen LogP contribution in [0.15, 0.2) is 24.3 Å². The number of benzene rings is 1. The van der Waals surface area contributed by atoms with Gasteiger partial charge in [0.2, 0.25) is 17.7 Å². The molecule has 3 unspecified atom stereocenters. The number of carbonyl (C=O) groups is 4. The average Bonchev–Trinajstić information content (AvgIpc) is 2.73. The minimum absolute atomic E-state index is 0.0228. The lowest BCUT2D eigenvalue weighted by molar-refractivity contribution is -0.145. The summed E-state index contributed by atoms with van der Waals surface area (Å²) in [5, 5.41) is 5.63.